The molecule has 0 atom stereocenters. The molecule has 0 bridgehead atoms. The maximum absolute atomic E-state index is 6.11. The molecular formula is C15H25BrN2O. The molecule has 0 saturated heterocycles. The van der Waals surface area contributed by atoms with E-state index in [1.54, 1.807) is 0 Å². The summed E-state index contributed by atoms with van der Waals surface area (Å²) in [6.45, 7) is 10.4. The lowest BCUT2D eigenvalue weighted by Gasteiger charge is -2.34. The molecule has 19 heavy (non-hydrogen) atoms. The van der Waals surface area contributed by atoms with Gasteiger partial charge >= 0.3 is 0 Å². The van der Waals surface area contributed by atoms with E-state index >= 15 is 0 Å². The van der Waals surface area contributed by atoms with Gasteiger partial charge in [0.1, 0.15) is 0 Å². The maximum atomic E-state index is 6.11. The molecule has 1 aromatic rings. The molecule has 0 unspecified atom stereocenters. The van der Waals surface area contributed by atoms with Gasteiger partial charge in [0.15, 0.2) is 0 Å². The number of hydrogen-bond acceptors (Lipinski definition) is 2. The van der Waals surface area contributed by atoms with Crippen LogP contribution in [0.3, 0.4) is 0 Å². The Morgan fingerprint density at radius 2 is 2.00 bits per heavy atom. The molecule has 0 spiro atoms. The molecule has 3 nitrogen and oxygen atoms in total. The number of hydrogen-bond donors (Lipinski definition) is 0. The van der Waals surface area contributed by atoms with Gasteiger partial charge in [0, 0.05) is 6.54 Å². The minimum absolute atomic E-state index is 0.417. The van der Waals surface area contributed by atoms with Crippen molar-refractivity contribution in [3.8, 4) is 0 Å². The Morgan fingerprint density at radius 3 is 2.58 bits per heavy atom. The Kier molecular flexibility index (Phi) is 4.72. The lowest BCUT2D eigenvalue weighted by atomic mass is 9.76. The number of halogens is 1. The van der Waals surface area contributed by atoms with Crippen molar-refractivity contribution in [3.05, 3.63) is 15.9 Å². The SMILES string of the molecule is CCn1nc(C)c(Br)c1COC1CCC(C)(C)CC1. The van der Waals surface area contributed by atoms with E-state index in [4.69, 9.17) is 4.74 Å². The summed E-state index contributed by atoms with van der Waals surface area (Å²) in [5.74, 6) is 0. The summed E-state index contributed by atoms with van der Waals surface area (Å²) in [5, 5.41) is 4.51. The molecule has 1 aliphatic rings. The molecule has 1 aliphatic carbocycles. The van der Waals surface area contributed by atoms with Crippen molar-refractivity contribution in [1.82, 2.24) is 9.78 Å². The highest BCUT2D eigenvalue weighted by Crippen LogP contribution is 2.36. The summed E-state index contributed by atoms with van der Waals surface area (Å²) in [6.07, 6.45) is 5.32. The molecule has 1 saturated carbocycles. The highest BCUT2D eigenvalue weighted by molar-refractivity contribution is 9.10. The van der Waals surface area contributed by atoms with E-state index in [1.807, 2.05) is 11.6 Å². The average molecular weight is 329 g/mol. The van der Waals surface area contributed by atoms with Gasteiger partial charge in [-0.15, -0.1) is 0 Å². The molecule has 4 heteroatoms. The number of nitrogens with zero attached hydrogens (tertiary/aromatic N) is 2. The summed E-state index contributed by atoms with van der Waals surface area (Å²) in [4.78, 5) is 0. The first-order chi connectivity index (χ1) is 8.93. The molecule has 1 fully saturated rings. The average Bonchev–Trinajstić information content (AvgIpc) is 2.64. The first kappa shape index (κ1) is 15.0. The van der Waals surface area contributed by atoms with Gasteiger partial charge in [-0.05, 0) is 60.9 Å². The zero-order valence-electron chi connectivity index (χ0n) is 12.5. The van der Waals surface area contributed by atoms with Crippen LogP contribution in [0.1, 0.15) is 57.8 Å². The van der Waals surface area contributed by atoms with Crippen LogP contribution in [-0.4, -0.2) is 15.9 Å². The third kappa shape index (κ3) is 3.60. The van der Waals surface area contributed by atoms with Gasteiger partial charge in [-0.3, -0.25) is 4.68 Å². The molecule has 0 radical (unpaired) electrons. The minimum atomic E-state index is 0.417. The summed E-state index contributed by atoms with van der Waals surface area (Å²) < 4.78 is 9.24. The van der Waals surface area contributed by atoms with Crippen LogP contribution in [0.4, 0.5) is 0 Å². The van der Waals surface area contributed by atoms with Gasteiger partial charge in [-0.1, -0.05) is 13.8 Å². The fourth-order valence-corrected chi connectivity index (χ4v) is 3.14. The number of aromatic nitrogens is 2. The predicted octanol–water partition coefficient (Wildman–Crippen LogP) is 4.46. The van der Waals surface area contributed by atoms with Crippen LogP contribution in [0, 0.1) is 12.3 Å². The fourth-order valence-electron chi connectivity index (χ4n) is 2.74. The van der Waals surface area contributed by atoms with Gasteiger partial charge < -0.3 is 4.74 Å². The lowest BCUT2D eigenvalue weighted by Crippen LogP contribution is -2.26. The second kappa shape index (κ2) is 5.96. The van der Waals surface area contributed by atoms with Crippen LogP contribution in [0.5, 0.6) is 0 Å². The van der Waals surface area contributed by atoms with Gasteiger partial charge in [0.25, 0.3) is 0 Å². The summed E-state index contributed by atoms with van der Waals surface area (Å²) >= 11 is 3.62. The van der Waals surface area contributed by atoms with Crippen molar-refractivity contribution in [2.45, 2.75) is 72.6 Å². The van der Waals surface area contributed by atoms with Gasteiger partial charge in [0.2, 0.25) is 0 Å². The molecular weight excluding hydrogens is 304 g/mol. The first-order valence-electron chi connectivity index (χ1n) is 7.26. The van der Waals surface area contributed by atoms with E-state index in [1.165, 1.54) is 31.4 Å². The third-order valence-electron chi connectivity index (χ3n) is 4.19. The predicted molar refractivity (Wildman–Crippen MR) is 81.2 cm³/mol. The monoisotopic (exact) mass is 328 g/mol. The Hall–Kier alpha value is -0.350. The van der Waals surface area contributed by atoms with Crippen LogP contribution < -0.4 is 0 Å². The number of rotatable bonds is 4. The zero-order chi connectivity index (χ0) is 14.0. The third-order valence-corrected chi connectivity index (χ3v) is 5.23. The van der Waals surface area contributed by atoms with Crippen LogP contribution in [0.2, 0.25) is 0 Å². The summed E-state index contributed by atoms with van der Waals surface area (Å²) in [6, 6.07) is 0. The lowest BCUT2D eigenvalue weighted by molar-refractivity contribution is -0.00842. The molecule has 0 aliphatic heterocycles. The molecule has 1 aromatic heterocycles. The van der Waals surface area contributed by atoms with Gasteiger partial charge in [-0.25, -0.2) is 0 Å². The van der Waals surface area contributed by atoms with Crippen molar-refractivity contribution >= 4 is 15.9 Å². The standard InChI is InChI=1S/C15H25BrN2O/c1-5-18-13(14(16)11(2)17-18)10-19-12-6-8-15(3,4)9-7-12/h12H,5-10H2,1-4H3. The number of aryl methyl sites for hydroxylation is 2. The van der Waals surface area contributed by atoms with E-state index in [0.717, 1.165) is 16.7 Å². The molecule has 2 rings (SSSR count). The van der Waals surface area contributed by atoms with E-state index < -0.39 is 0 Å². The zero-order valence-corrected chi connectivity index (χ0v) is 14.1. The first-order valence-corrected chi connectivity index (χ1v) is 8.05. The number of ether oxygens (including phenoxy) is 1. The smallest absolute Gasteiger partial charge is 0.0900 e. The van der Waals surface area contributed by atoms with Crippen LogP contribution in [0.15, 0.2) is 4.47 Å². The Morgan fingerprint density at radius 1 is 1.37 bits per heavy atom. The highest BCUT2D eigenvalue weighted by Gasteiger charge is 2.27. The summed E-state index contributed by atoms with van der Waals surface area (Å²) in [7, 11) is 0. The van der Waals surface area contributed by atoms with Crippen LogP contribution >= 0.6 is 15.9 Å². The Labute approximate surface area is 124 Å². The maximum Gasteiger partial charge on any atom is 0.0900 e. The van der Waals surface area contributed by atoms with Crippen molar-refractivity contribution in [2.75, 3.05) is 0 Å². The Balaban J connectivity index is 1.93. The highest BCUT2D eigenvalue weighted by atomic mass is 79.9. The van der Waals surface area contributed by atoms with Crippen molar-refractivity contribution in [3.63, 3.8) is 0 Å². The quantitative estimate of drug-likeness (QED) is 0.815. The molecule has 0 aromatic carbocycles. The minimum Gasteiger partial charge on any atom is -0.372 e. The van der Waals surface area contributed by atoms with E-state index in [9.17, 15) is 0 Å². The Bertz CT molecular complexity index is 430. The van der Waals surface area contributed by atoms with Crippen LogP contribution in [-0.2, 0) is 17.9 Å². The summed E-state index contributed by atoms with van der Waals surface area (Å²) in [5.41, 5.74) is 2.72. The second-order valence-corrected chi connectivity index (χ2v) is 7.13. The van der Waals surface area contributed by atoms with E-state index in [-0.39, 0.29) is 0 Å². The van der Waals surface area contributed by atoms with E-state index in [0.29, 0.717) is 18.1 Å². The molecule has 1 heterocycles. The van der Waals surface area contributed by atoms with Crippen molar-refractivity contribution < 1.29 is 4.74 Å². The molecule has 108 valence electrons. The normalized spacial score (nSPS) is 19.8. The largest absolute Gasteiger partial charge is 0.372 e. The van der Waals surface area contributed by atoms with Crippen LogP contribution in [0.25, 0.3) is 0 Å². The molecule has 0 amide bonds. The van der Waals surface area contributed by atoms with Crippen molar-refractivity contribution in [2.24, 2.45) is 5.41 Å². The molecule has 0 N–H and O–H groups in total. The fraction of sp³-hybridized carbons (Fsp3) is 0.800. The van der Waals surface area contributed by atoms with Gasteiger partial charge in [0.05, 0.1) is 28.6 Å². The second-order valence-electron chi connectivity index (χ2n) is 6.34. The van der Waals surface area contributed by atoms with E-state index in [2.05, 4.69) is 41.8 Å². The van der Waals surface area contributed by atoms with Gasteiger partial charge in [-0.2, -0.15) is 5.10 Å². The van der Waals surface area contributed by atoms with Crippen molar-refractivity contribution in [1.29, 1.82) is 0 Å². The topological polar surface area (TPSA) is 27.1 Å².